The molecule has 1 aliphatic rings. The van der Waals surface area contributed by atoms with Crippen LogP contribution in [-0.4, -0.2) is 22.3 Å². The van der Waals surface area contributed by atoms with Gasteiger partial charge in [0.25, 0.3) is 0 Å². The third-order valence-corrected chi connectivity index (χ3v) is 7.51. The van der Waals surface area contributed by atoms with Gasteiger partial charge in [-0.25, -0.2) is 8.99 Å². The van der Waals surface area contributed by atoms with E-state index >= 15 is 0 Å². The van der Waals surface area contributed by atoms with E-state index in [1.807, 2.05) is 6.92 Å². The van der Waals surface area contributed by atoms with Crippen LogP contribution in [0.4, 0.5) is 13.2 Å². The summed E-state index contributed by atoms with van der Waals surface area (Å²) in [6.07, 6.45) is -3.89. The van der Waals surface area contributed by atoms with E-state index in [1.165, 1.54) is 18.2 Å². The van der Waals surface area contributed by atoms with Crippen LogP contribution < -0.4 is 5.32 Å². The quantitative estimate of drug-likeness (QED) is 0.561. The average Bonchev–Trinajstić information content (AvgIpc) is 3.45. The van der Waals surface area contributed by atoms with Gasteiger partial charge >= 0.3 is 6.18 Å². The van der Waals surface area contributed by atoms with Crippen LogP contribution in [0.15, 0.2) is 47.4 Å². The molecule has 0 saturated heterocycles. The normalized spacial score (nSPS) is 23.3. The smallest absolute Gasteiger partial charge is 0.392 e. The summed E-state index contributed by atoms with van der Waals surface area (Å²) >= 11 is 0. The van der Waals surface area contributed by atoms with Crippen molar-refractivity contribution in [3.8, 4) is 0 Å². The Morgan fingerprint density at radius 2 is 1.94 bits per heavy atom. The molecule has 174 valence electrons. The second-order valence-corrected chi connectivity index (χ2v) is 9.95. The predicted octanol–water partition coefficient (Wildman–Crippen LogP) is 4.32. The minimum Gasteiger partial charge on any atom is -0.392 e. The van der Waals surface area contributed by atoms with Gasteiger partial charge in [0.15, 0.2) is 10.0 Å². The molecule has 0 aliphatic heterocycles. The Morgan fingerprint density at radius 1 is 1.31 bits per heavy atom. The molecule has 0 bridgehead atoms. The highest BCUT2D eigenvalue weighted by Crippen LogP contribution is 2.54. The molecule has 1 saturated carbocycles. The molecule has 0 radical (unpaired) electrons. The zero-order valence-corrected chi connectivity index (χ0v) is 18.6. The number of aliphatic hydroxyl groups excluding tert-OH is 1. The summed E-state index contributed by atoms with van der Waals surface area (Å²) in [5.74, 6) is -0.602. The monoisotopic (exact) mass is 470 g/mol. The van der Waals surface area contributed by atoms with Gasteiger partial charge in [0.05, 0.1) is 30.2 Å². The molecule has 0 aromatic heterocycles. The van der Waals surface area contributed by atoms with Crippen LogP contribution in [0.25, 0.3) is 0 Å². The molecule has 32 heavy (non-hydrogen) atoms. The van der Waals surface area contributed by atoms with Crippen LogP contribution in [0.3, 0.4) is 0 Å². The molecule has 1 fully saturated rings. The number of benzene rings is 2. The Hall–Kier alpha value is -2.43. The van der Waals surface area contributed by atoms with Crippen LogP contribution >= 0.6 is 0 Å². The van der Waals surface area contributed by atoms with Crippen molar-refractivity contribution >= 4 is 15.9 Å². The first-order valence-electron chi connectivity index (χ1n) is 9.89. The Kier molecular flexibility index (Phi) is 6.43. The molecule has 4 atom stereocenters. The van der Waals surface area contributed by atoms with Crippen molar-refractivity contribution < 1.29 is 31.5 Å². The van der Waals surface area contributed by atoms with Crippen molar-refractivity contribution in [1.82, 2.24) is 5.32 Å². The van der Waals surface area contributed by atoms with Gasteiger partial charge in [-0.05, 0) is 48.2 Å². The average molecular weight is 471 g/mol. The predicted molar refractivity (Wildman–Crippen MR) is 112 cm³/mol. The third kappa shape index (κ3) is 4.67. The first-order valence-corrected chi connectivity index (χ1v) is 11.4. The van der Waals surface area contributed by atoms with Crippen LogP contribution in [-0.2, 0) is 37.2 Å². The number of hydrogen-bond acceptors (Lipinski definition) is 5. The Labute approximate surface area is 185 Å². The van der Waals surface area contributed by atoms with Gasteiger partial charge in [-0.1, -0.05) is 31.2 Å². The van der Waals surface area contributed by atoms with Gasteiger partial charge in [0.1, 0.15) is 0 Å². The van der Waals surface area contributed by atoms with E-state index in [0.29, 0.717) is 17.5 Å². The molecule has 2 aromatic carbocycles. The number of hydrogen-bond donors (Lipinski definition) is 3. The maximum atomic E-state index is 12.8. The molecule has 0 spiro atoms. The van der Waals surface area contributed by atoms with Gasteiger partial charge in [-0.2, -0.15) is 13.2 Å². The number of amides is 1. The second kappa shape index (κ2) is 8.49. The van der Waals surface area contributed by atoms with Crippen molar-refractivity contribution in [3.63, 3.8) is 0 Å². The highest BCUT2D eigenvalue weighted by Gasteiger charge is 2.55. The molecular formula is C22H25F3N2O4S. The largest absolute Gasteiger partial charge is 0.416 e. The number of nitrogens with one attached hydrogen (secondary N) is 2. The fourth-order valence-corrected chi connectivity index (χ4v) is 4.74. The first kappa shape index (κ1) is 24.2. The fraction of sp³-hybridized carbons (Fsp3) is 0.409. The first-order chi connectivity index (χ1) is 14.8. The lowest BCUT2D eigenvalue weighted by atomic mass is 9.94. The summed E-state index contributed by atoms with van der Waals surface area (Å²) in [6.45, 7) is 3.15. The van der Waals surface area contributed by atoms with Crippen molar-refractivity contribution in [2.45, 2.75) is 49.4 Å². The molecule has 3 unspecified atom stereocenters. The van der Waals surface area contributed by atoms with Crippen molar-refractivity contribution in [3.05, 3.63) is 64.7 Å². The van der Waals surface area contributed by atoms with Crippen LogP contribution in [0.5, 0.6) is 0 Å². The van der Waals surface area contributed by atoms with Crippen molar-refractivity contribution in [2.24, 2.45) is 5.92 Å². The number of carbonyl (C=O) groups is 1. The van der Waals surface area contributed by atoms with E-state index in [4.69, 9.17) is 8.96 Å². The van der Waals surface area contributed by atoms with Gasteiger partial charge < -0.3 is 10.4 Å². The molecule has 1 amide bonds. The molecule has 2 aromatic rings. The molecule has 1 aliphatic carbocycles. The summed E-state index contributed by atoms with van der Waals surface area (Å²) in [7, 11) is -2.34. The highest BCUT2D eigenvalue weighted by atomic mass is 32.2. The van der Waals surface area contributed by atoms with E-state index in [2.05, 4.69) is 5.32 Å². The molecule has 3 rings (SSSR count). The highest BCUT2D eigenvalue weighted by molar-refractivity contribution is 7.87. The SMILES string of the molecule is COS(=N)(=O)c1ccc([C@@H](C)NC(=O)C2CC2(C)c2ccc(C(F)(F)F)cc2)cc1CO. The van der Waals surface area contributed by atoms with E-state index < -0.39 is 39.8 Å². The van der Waals surface area contributed by atoms with Gasteiger partial charge in [-0.15, -0.1) is 0 Å². The molecule has 3 N–H and O–H groups in total. The van der Waals surface area contributed by atoms with Crippen molar-refractivity contribution in [1.29, 1.82) is 4.78 Å². The van der Waals surface area contributed by atoms with Gasteiger partial charge in [0.2, 0.25) is 5.91 Å². The van der Waals surface area contributed by atoms with Crippen LogP contribution in [0.1, 0.15) is 48.6 Å². The maximum absolute atomic E-state index is 12.8. The fourth-order valence-electron chi connectivity index (χ4n) is 3.85. The number of carbonyl (C=O) groups excluding carboxylic acids is 1. The minimum atomic E-state index is -4.41. The molecule has 10 heteroatoms. The summed E-state index contributed by atoms with van der Waals surface area (Å²) in [5.41, 5.74) is 0.327. The van der Waals surface area contributed by atoms with Crippen LogP contribution in [0.2, 0.25) is 0 Å². The standard InChI is InChI=1S/C22H25F3N2O4S/c1-13(14-4-9-19(15(10-14)12-28)32(26,30)31-3)27-20(29)18-11-21(18,2)16-5-7-17(8-6-16)22(23,24)25/h4-10,13,18,26,28H,11-12H2,1-3H3,(H,27,29)/t13-,18?,21?,32?/m1/s1. The zero-order valence-electron chi connectivity index (χ0n) is 17.8. The van der Waals surface area contributed by atoms with Gasteiger partial charge in [0, 0.05) is 11.3 Å². The molecule has 6 nitrogen and oxygen atoms in total. The minimum absolute atomic E-state index is 0.0712. The van der Waals surface area contributed by atoms with Crippen molar-refractivity contribution in [2.75, 3.05) is 7.11 Å². The van der Waals surface area contributed by atoms with Gasteiger partial charge in [-0.3, -0.25) is 8.98 Å². The lowest BCUT2D eigenvalue weighted by molar-refractivity contribution is -0.137. The summed E-state index contributed by atoms with van der Waals surface area (Å²) in [6, 6.07) is 9.05. The van der Waals surface area contributed by atoms with Crippen LogP contribution in [0, 0.1) is 10.7 Å². The Bertz CT molecular complexity index is 1120. The lowest BCUT2D eigenvalue weighted by Crippen LogP contribution is -2.30. The number of aliphatic hydroxyl groups is 1. The second-order valence-electron chi connectivity index (χ2n) is 8.17. The summed E-state index contributed by atoms with van der Waals surface area (Å²) in [5, 5.41) is 12.5. The van der Waals surface area contributed by atoms with E-state index in [-0.39, 0.29) is 22.3 Å². The van der Waals surface area contributed by atoms with E-state index in [1.54, 1.807) is 19.1 Å². The molecular weight excluding hydrogens is 445 g/mol. The lowest BCUT2D eigenvalue weighted by Gasteiger charge is -2.19. The number of rotatable bonds is 7. The Balaban J connectivity index is 1.72. The zero-order chi connectivity index (χ0) is 23.9. The third-order valence-electron chi connectivity index (χ3n) is 6.06. The number of halogens is 3. The van der Waals surface area contributed by atoms with E-state index in [0.717, 1.165) is 19.2 Å². The summed E-state index contributed by atoms with van der Waals surface area (Å²) < 4.78 is 63.0. The molecule has 0 heterocycles. The maximum Gasteiger partial charge on any atom is 0.416 e. The topological polar surface area (TPSA) is 99.5 Å². The summed E-state index contributed by atoms with van der Waals surface area (Å²) in [4.78, 5) is 12.9. The number of alkyl halides is 3. The Morgan fingerprint density at radius 3 is 2.47 bits per heavy atom. The van der Waals surface area contributed by atoms with E-state index in [9.17, 15) is 27.3 Å².